The van der Waals surface area contributed by atoms with Crippen molar-refractivity contribution in [3.05, 3.63) is 35.9 Å². The summed E-state index contributed by atoms with van der Waals surface area (Å²) in [5, 5.41) is 0. The topological polar surface area (TPSA) is 49.9 Å². The van der Waals surface area contributed by atoms with Crippen LogP contribution in [0.2, 0.25) is 19.1 Å². The normalized spacial score (nSPS) is 35.7. The molecular weight excluding hydrogens is 320 g/mol. The van der Waals surface area contributed by atoms with Crippen LogP contribution in [0.5, 0.6) is 0 Å². The number of carbonyl (C=O) groups is 2. The molecule has 128 valence electrons. The molecule has 3 saturated heterocycles. The highest BCUT2D eigenvalue weighted by Gasteiger charge is 2.57. The SMILES string of the molecule is CN1[C@H]2C[C@@H]3C[Si](C)(C)OC[C@@H](c4ccccc4)N(C2=O)C(=O)[C@@H]31. The third-order valence-corrected chi connectivity index (χ3v) is 8.25. The Morgan fingerprint density at radius 3 is 2.50 bits per heavy atom. The van der Waals surface area contributed by atoms with Crippen LogP contribution in [0.3, 0.4) is 0 Å². The fourth-order valence-corrected chi connectivity index (χ4v) is 7.04. The second-order valence-corrected chi connectivity index (χ2v) is 12.1. The van der Waals surface area contributed by atoms with Gasteiger partial charge >= 0.3 is 0 Å². The Bertz CT molecular complexity index is 678. The van der Waals surface area contributed by atoms with Gasteiger partial charge in [-0.3, -0.25) is 19.4 Å². The molecule has 3 aliphatic heterocycles. The number of nitrogens with zero attached hydrogens (tertiary/aromatic N) is 2. The molecule has 4 rings (SSSR count). The van der Waals surface area contributed by atoms with Gasteiger partial charge in [0.25, 0.3) is 0 Å². The Balaban J connectivity index is 1.82. The molecule has 1 aromatic carbocycles. The molecule has 2 amide bonds. The number of imide groups is 1. The van der Waals surface area contributed by atoms with E-state index in [-0.39, 0.29) is 35.9 Å². The number of hydrogen-bond donors (Lipinski definition) is 0. The smallest absolute Gasteiger partial charge is 0.247 e. The highest BCUT2D eigenvalue weighted by molar-refractivity contribution is 6.71. The summed E-state index contributed by atoms with van der Waals surface area (Å²) in [7, 11) is 0.0510. The first-order valence-corrected chi connectivity index (χ1v) is 11.8. The summed E-state index contributed by atoms with van der Waals surface area (Å²) in [5.74, 6) is 0.142. The lowest BCUT2D eigenvalue weighted by atomic mass is 10.0. The molecule has 0 unspecified atom stereocenters. The number of benzene rings is 1. The number of amides is 2. The Morgan fingerprint density at radius 1 is 1.08 bits per heavy atom. The van der Waals surface area contributed by atoms with E-state index in [1.807, 2.05) is 42.3 Å². The van der Waals surface area contributed by atoms with Crippen molar-refractivity contribution in [2.75, 3.05) is 13.7 Å². The minimum absolute atomic E-state index is 0.0367. The molecule has 3 heterocycles. The molecular formula is C18H24N2O3Si. The molecule has 0 N–H and O–H groups in total. The van der Waals surface area contributed by atoms with E-state index in [0.717, 1.165) is 18.0 Å². The van der Waals surface area contributed by atoms with Crippen molar-refractivity contribution in [1.29, 1.82) is 0 Å². The van der Waals surface area contributed by atoms with Crippen LogP contribution in [0.25, 0.3) is 0 Å². The van der Waals surface area contributed by atoms with E-state index in [0.29, 0.717) is 6.61 Å². The molecule has 3 aliphatic rings. The number of hydrogen-bond acceptors (Lipinski definition) is 4. The molecule has 3 bridgehead atoms. The van der Waals surface area contributed by atoms with Crippen LogP contribution in [-0.2, 0) is 14.0 Å². The van der Waals surface area contributed by atoms with Gasteiger partial charge in [-0.25, -0.2) is 0 Å². The molecule has 6 heteroatoms. The van der Waals surface area contributed by atoms with Crippen LogP contribution in [0.15, 0.2) is 30.3 Å². The molecule has 4 atom stereocenters. The molecule has 0 saturated carbocycles. The van der Waals surface area contributed by atoms with Gasteiger partial charge in [-0.1, -0.05) is 30.3 Å². The predicted molar refractivity (Wildman–Crippen MR) is 92.7 cm³/mol. The summed E-state index contributed by atoms with van der Waals surface area (Å²) in [6.07, 6.45) is 0.781. The molecule has 0 aromatic heterocycles. The van der Waals surface area contributed by atoms with Crippen molar-refractivity contribution in [3.8, 4) is 0 Å². The van der Waals surface area contributed by atoms with Crippen LogP contribution < -0.4 is 0 Å². The Hall–Kier alpha value is -1.50. The van der Waals surface area contributed by atoms with Gasteiger partial charge in [0.05, 0.1) is 24.7 Å². The maximum absolute atomic E-state index is 13.2. The Labute approximate surface area is 143 Å². The van der Waals surface area contributed by atoms with Gasteiger partial charge in [-0.2, -0.15) is 0 Å². The van der Waals surface area contributed by atoms with E-state index in [9.17, 15) is 9.59 Å². The number of rotatable bonds is 1. The standard InChI is InChI=1S/C18H24N2O3Si/c1-19-14-9-13-11-24(2,3)23-10-15(12-7-5-4-6-8-12)20(17(14)21)18(22)16(13)19/h4-8,13-16H,9-11H2,1-3H3/t13-,14+,15+,16-/m1/s1. The molecule has 0 radical (unpaired) electrons. The maximum atomic E-state index is 13.2. The fraction of sp³-hybridized carbons (Fsp3) is 0.556. The largest absolute Gasteiger partial charge is 0.415 e. The van der Waals surface area contributed by atoms with Gasteiger partial charge in [0.1, 0.15) is 0 Å². The minimum Gasteiger partial charge on any atom is -0.415 e. The summed E-state index contributed by atoms with van der Waals surface area (Å²) in [6, 6.07) is 10.1. The first kappa shape index (κ1) is 16.0. The number of fused-ring (bicyclic) bond motifs is 2. The molecule has 24 heavy (non-hydrogen) atoms. The third kappa shape index (κ3) is 2.36. The zero-order valence-electron chi connectivity index (χ0n) is 14.4. The third-order valence-electron chi connectivity index (χ3n) is 5.80. The zero-order chi connectivity index (χ0) is 17.1. The van der Waals surface area contributed by atoms with E-state index in [1.54, 1.807) is 0 Å². The van der Waals surface area contributed by atoms with Gasteiger partial charge in [-0.05, 0) is 44.1 Å². The molecule has 1 aromatic rings. The van der Waals surface area contributed by atoms with Gasteiger partial charge in [0.2, 0.25) is 11.8 Å². The lowest BCUT2D eigenvalue weighted by Crippen LogP contribution is -2.60. The quantitative estimate of drug-likeness (QED) is 0.578. The number of carbonyl (C=O) groups excluding carboxylic acids is 2. The van der Waals surface area contributed by atoms with Crippen molar-refractivity contribution >= 4 is 20.1 Å². The van der Waals surface area contributed by atoms with Crippen molar-refractivity contribution in [2.45, 2.75) is 43.7 Å². The molecule has 5 nitrogen and oxygen atoms in total. The van der Waals surface area contributed by atoms with E-state index in [2.05, 4.69) is 13.1 Å². The van der Waals surface area contributed by atoms with E-state index < -0.39 is 8.32 Å². The van der Waals surface area contributed by atoms with Gasteiger partial charge in [-0.15, -0.1) is 0 Å². The summed E-state index contributed by atoms with van der Waals surface area (Å²) in [4.78, 5) is 29.8. The summed E-state index contributed by atoms with van der Waals surface area (Å²) in [5.41, 5.74) is 0.978. The van der Waals surface area contributed by atoms with Crippen molar-refractivity contribution in [2.24, 2.45) is 5.92 Å². The summed E-state index contributed by atoms with van der Waals surface area (Å²) in [6.45, 7) is 4.86. The summed E-state index contributed by atoms with van der Waals surface area (Å²) >= 11 is 0. The predicted octanol–water partition coefficient (Wildman–Crippen LogP) is 2.02. The van der Waals surface area contributed by atoms with E-state index >= 15 is 0 Å². The second kappa shape index (κ2) is 5.51. The van der Waals surface area contributed by atoms with Crippen molar-refractivity contribution in [1.82, 2.24) is 9.80 Å². The Morgan fingerprint density at radius 2 is 1.79 bits per heavy atom. The monoisotopic (exact) mass is 344 g/mol. The van der Waals surface area contributed by atoms with Crippen LogP contribution in [0.1, 0.15) is 18.0 Å². The average molecular weight is 344 g/mol. The van der Waals surface area contributed by atoms with Crippen LogP contribution in [-0.4, -0.2) is 55.7 Å². The van der Waals surface area contributed by atoms with Crippen LogP contribution in [0, 0.1) is 5.92 Å². The van der Waals surface area contributed by atoms with Crippen LogP contribution >= 0.6 is 0 Å². The lowest BCUT2D eigenvalue weighted by Gasteiger charge is -2.40. The lowest BCUT2D eigenvalue weighted by molar-refractivity contribution is -0.160. The van der Waals surface area contributed by atoms with Gasteiger partial charge in [0.15, 0.2) is 8.32 Å². The second-order valence-electron chi connectivity index (χ2n) is 7.87. The number of piperazine rings is 1. The highest BCUT2D eigenvalue weighted by Crippen LogP contribution is 2.43. The fourth-order valence-electron chi connectivity index (χ4n) is 4.66. The van der Waals surface area contributed by atoms with E-state index in [1.165, 1.54) is 4.90 Å². The van der Waals surface area contributed by atoms with Gasteiger partial charge in [0, 0.05) is 0 Å². The van der Waals surface area contributed by atoms with E-state index in [4.69, 9.17) is 4.43 Å². The molecule has 0 aliphatic carbocycles. The van der Waals surface area contributed by atoms with Gasteiger partial charge < -0.3 is 4.43 Å². The Kier molecular flexibility index (Phi) is 3.67. The van der Waals surface area contributed by atoms with Crippen molar-refractivity contribution < 1.29 is 14.0 Å². The first-order chi connectivity index (χ1) is 11.4. The minimum atomic E-state index is -1.87. The average Bonchev–Trinajstić information content (AvgIpc) is 2.81. The summed E-state index contributed by atoms with van der Waals surface area (Å²) < 4.78 is 6.33. The highest BCUT2D eigenvalue weighted by atomic mass is 28.4. The maximum Gasteiger partial charge on any atom is 0.247 e. The molecule has 3 fully saturated rings. The van der Waals surface area contributed by atoms with Crippen LogP contribution in [0.4, 0.5) is 0 Å². The van der Waals surface area contributed by atoms with Crippen molar-refractivity contribution in [3.63, 3.8) is 0 Å². The molecule has 0 spiro atoms. The number of likely N-dealkylation sites (N-methyl/N-ethyl adjacent to an activating group) is 1. The first-order valence-electron chi connectivity index (χ1n) is 8.67. The zero-order valence-corrected chi connectivity index (χ0v) is 15.4.